The van der Waals surface area contributed by atoms with Gasteiger partial charge in [-0.1, -0.05) is 0 Å². The van der Waals surface area contributed by atoms with Crippen LogP contribution in [-0.2, 0) is 0 Å². The Bertz CT molecular complexity index is 529. The fourth-order valence-electron chi connectivity index (χ4n) is 3.10. The normalized spacial score (nSPS) is 18.3. The van der Waals surface area contributed by atoms with Gasteiger partial charge < -0.3 is 15.1 Å². The minimum absolute atomic E-state index is 0.0493. The predicted molar refractivity (Wildman–Crippen MR) is 93.1 cm³/mol. The van der Waals surface area contributed by atoms with Crippen LogP contribution in [0.1, 0.15) is 29.6 Å². The van der Waals surface area contributed by atoms with Gasteiger partial charge >= 0.3 is 0 Å². The van der Waals surface area contributed by atoms with Gasteiger partial charge in [-0.05, 0) is 57.1 Å². The first kappa shape index (κ1) is 15.7. The maximum absolute atomic E-state index is 12.3. The molecule has 1 saturated heterocycles. The summed E-state index contributed by atoms with van der Waals surface area (Å²) in [7, 11) is 2.09. The Morgan fingerprint density at radius 2 is 2.09 bits per heavy atom. The molecule has 5 heteroatoms. The molecule has 3 rings (SSSR count). The van der Waals surface area contributed by atoms with Crippen LogP contribution in [0.15, 0.2) is 23.1 Å². The lowest BCUT2D eigenvalue weighted by Gasteiger charge is -2.27. The summed E-state index contributed by atoms with van der Waals surface area (Å²) in [5.74, 6) is 1.17. The van der Waals surface area contributed by atoms with E-state index < -0.39 is 0 Å². The standard InChI is InChI=1S/C17H25N3OS/c1-19-11-12-22-16-6-5-14(13-15(16)19)17(21)18-7-4-10-20-8-2-3-9-20/h5-6,13H,2-4,7-12H2,1H3,(H,18,21). The summed E-state index contributed by atoms with van der Waals surface area (Å²) in [6.07, 6.45) is 3.69. The lowest BCUT2D eigenvalue weighted by Crippen LogP contribution is -2.29. The van der Waals surface area contributed by atoms with Crippen LogP contribution in [0.5, 0.6) is 0 Å². The maximum atomic E-state index is 12.3. The molecule has 22 heavy (non-hydrogen) atoms. The molecule has 1 N–H and O–H groups in total. The second kappa shape index (κ2) is 7.38. The molecule has 0 aliphatic carbocycles. The van der Waals surface area contributed by atoms with E-state index in [0.717, 1.165) is 37.4 Å². The van der Waals surface area contributed by atoms with Crippen LogP contribution in [0.25, 0.3) is 0 Å². The third kappa shape index (κ3) is 3.76. The SMILES string of the molecule is CN1CCSc2ccc(C(=O)NCCCN3CCCC3)cc21. The molecule has 0 unspecified atom stereocenters. The highest BCUT2D eigenvalue weighted by Gasteiger charge is 2.16. The molecule has 2 heterocycles. The number of hydrogen-bond donors (Lipinski definition) is 1. The zero-order chi connectivity index (χ0) is 15.4. The Kier molecular flexibility index (Phi) is 5.26. The summed E-state index contributed by atoms with van der Waals surface area (Å²) in [4.78, 5) is 18.3. The summed E-state index contributed by atoms with van der Waals surface area (Å²) in [6, 6.07) is 6.05. The third-order valence-corrected chi connectivity index (χ3v) is 5.49. The number of fused-ring (bicyclic) bond motifs is 1. The fraction of sp³-hybridized carbons (Fsp3) is 0.588. The van der Waals surface area contributed by atoms with Crippen molar-refractivity contribution in [2.45, 2.75) is 24.2 Å². The number of likely N-dealkylation sites (tertiary alicyclic amines) is 1. The van der Waals surface area contributed by atoms with Gasteiger partial charge in [-0.25, -0.2) is 0 Å². The van der Waals surface area contributed by atoms with E-state index in [4.69, 9.17) is 0 Å². The van der Waals surface area contributed by atoms with Gasteiger partial charge in [0.2, 0.25) is 0 Å². The number of anilines is 1. The van der Waals surface area contributed by atoms with Gasteiger partial charge in [0, 0.05) is 36.3 Å². The van der Waals surface area contributed by atoms with E-state index in [0.29, 0.717) is 0 Å². The lowest BCUT2D eigenvalue weighted by atomic mass is 10.1. The summed E-state index contributed by atoms with van der Waals surface area (Å²) < 4.78 is 0. The molecule has 0 atom stereocenters. The number of hydrogen-bond acceptors (Lipinski definition) is 4. The van der Waals surface area contributed by atoms with E-state index in [1.807, 2.05) is 23.9 Å². The van der Waals surface area contributed by atoms with Crippen molar-refractivity contribution in [1.82, 2.24) is 10.2 Å². The van der Waals surface area contributed by atoms with Gasteiger partial charge in [0.1, 0.15) is 0 Å². The molecule has 1 fully saturated rings. The molecular weight excluding hydrogens is 294 g/mol. The Morgan fingerprint density at radius 3 is 2.91 bits per heavy atom. The molecule has 0 radical (unpaired) electrons. The summed E-state index contributed by atoms with van der Waals surface area (Å²) in [5.41, 5.74) is 1.95. The number of carbonyl (C=O) groups is 1. The molecule has 0 spiro atoms. The number of nitrogens with one attached hydrogen (secondary N) is 1. The van der Waals surface area contributed by atoms with Gasteiger partial charge in [-0.15, -0.1) is 11.8 Å². The van der Waals surface area contributed by atoms with E-state index >= 15 is 0 Å². The molecule has 0 saturated carbocycles. The molecule has 120 valence electrons. The quantitative estimate of drug-likeness (QED) is 0.846. The molecule has 1 aromatic rings. The van der Waals surface area contributed by atoms with Crippen molar-refractivity contribution in [3.63, 3.8) is 0 Å². The zero-order valence-corrected chi connectivity index (χ0v) is 14.1. The molecule has 1 aromatic carbocycles. The highest BCUT2D eigenvalue weighted by Crippen LogP contribution is 2.34. The average molecular weight is 319 g/mol. The van der Waals surface area contributed by atoms with E-state index in [1.165, 1.54) is 36.5 Å². The highest BCUT2D eigenvalue weighted by atomic mass is 32.2. The molecule has 0 bridgehead atoms. The van der Waals surface area contributed by atoms with Crippen LogP contribution >= 0.6 is 11.8 Å². The molecule has 1 amide bonds. The smallest absolute Gasteiger partial charge is 0.251 e. The van der Waals surface area contributed by atoms with Gasteiger partial charge in [0.15, 0.2) is 0 Å². The van der Waals surface area contributed by atoms with Crippen molar-refractivity contribution in [3.8, 4) is 0 Å². The first-order valence-electron chi connectivity index (χ1n) is 8.22. The van der Waals surface area contributed by atoms with Crippen molar-refractivity contribution in [1.29, 1.82) is 0 Å². The molecule has 2 aliphatic rings. The summed E-state index contributed by atoms with van der Waals surface area (Å²) in [5, 5.41) is 3.05. The minimum Gasteiger partial charge on any atom is -0.373 e. The van der Waals surface area contributed by atoms with Crippen LogP contribution in [0, 0.1) is 0 Å². The Morgan fingerprint density at radius 1 is 1.27 bits per heavy atom. The first-order chi connectivity index (χ1) is 10.7. The molecule has 0 aromatic heterocycles. The van der Waals surface area contributed by atoms with Crippen LogP contribution in [0.3, 0.4) is 0 Å². The van der Waals surface area contributed by atoms with Crippen LogP contribution in [-0.4, -0.2) is 56.3 Å². The number of benzene rings is 1. The monoisotopic (exact) mass is 319 g/mol. The number of rotatable bonds is 5. The van der Waals surface area contributed by atoms with Gasteiger partial charge in [0.25, 0.3) is 5.91 Å². The predicted octanol–water partition coefficient (Wildman–Crippen LogP) is 2.44. The van der Waals surface area contributed by atoms with E-state index in [1.54, 1.807) is 0 Å². The number of amides is 1. The van der Waals surface area contributed by atoms with Crippen LogP contribution < -0.4 is 10.2 Å². The van der Waals surface area contributed by atoms with Crippen molar-refractivity contribution in [2.24, 2.45) is 0 Å². The molecule has 2 aliphatic heterocycles. The number of nitrogens with zero attached hydrogens (tertiary/aromatic N) is 2. The van der Waals surface area contributed by atoms with Crippen LogP contribution in [0.4, 0.5) is 5.69 Å². The van der Waals surface area contributed by atoms with Gasteiger partial charge in [0.05, 0.1) is 5.69 Å². The second-order valence-electron chi connectivity index (χ2n) is 6.11. The van der Waals surface area contributed by atoms with Crippen LogP contribution in [0.2, 0.25) is 0 Å². The second-order valence-corrected chi connectivity index (χ2v) is 7.25. The number of thioether (sulfide) groups is 1. The van der Waals surface area contributed by atoms with Crippen molar-refractivity contribution >= 4 is 23.4 Å². The van der Waals surface area contributed by atoms with E-state index in [2.05, 4.69) is 28.2 Å². The number of carbonyl (C=O) groups excluding carboxylic acids is 1. The molecular formula is C17H25N3OS. The van der Waals surface area contributed by atoms with Crippen molar-refractivity contribution in [2.75, 3.05) is 50.4 Å². The summed E-state index contributed by atoms with van der Waals surface area (Å²) >= 11 is 1.87. The Balaban J connectivity index is 1.50. The minimum atomic E-state index is 0.0493. The lowest BCUT2D eigenvalue weighted by molar-refractivity contribution is 0.0952. The fourth-order valence-corrected chi connectivity index (χ4v) is 4.22. The van der Waals surface area contributed by atoms with Gasteiger partial charge in [-0.2, -0.15) is 0 Å². The van der Waals surface area contributed by atoms with E-state index in [9.17, 15) is 4.79 Å². The van der Waals surface area contributed by atoms with Gasteiger partial charge in [-0.3, -0.25) is 4.79 Å². The van der Waals surface area contributed by atoms with Crippen molar-refractivity contribution in [3.05, 3.63) is 23.8 Å². The Labute approximate surface area is 137 Å². The zero-order valence-electron chi connectivity index (χ0n) is 13.3. The topological polar surface area (TPSA) is 35.6 Å². The van der Waals surface area contributed by atoms with E-state index in [-0.39, 0.29) is 5.91 Å². The average Bonchev–Trinajstić information content (AvgIpc) is 3.05. The maximum Gasteiger partial charge on any atom is 0.251 e. The summed E-state index contributed by atoms with van der Waals surface area (Å²) in [6.45, 7) is 5.35. The molecule has 4 nitrogen and oxygen atoms in total. The Hall–Kier alpha value is -1.20. The third-order valence-electron chi connectivity index (χ3n) is 4.45. The van der Waals surface area contributed by atoms with Crippen molar-refractivity contribution < 1.29 is 4.79 Å². The largest absolute Gasteiger partial charge is 0.373 e. The highest BCUT2D eigenvalue weighted by molar-refractivity contribution is 7.99. The first-order valence-corrected chi connectivity index (χ1v) is 9.21.